The fourth-order valence-corrected chi connectivity index (χ4v) is 2.69. The first-order valence-corrected chi connectivity index (χ1v) is 7.05. The van der Waals surface area contributed by atoms with Crippen LogP contribution in [-0.2, 0) is 4.79 Å². The van der Waals surface area contributed by atoms with Crippen molar-refractivity contribution in [2.45, 2.75) is 45.8 Å². The number of carbonyl (C=O) groups is 1. The van der Waals surface area contributed by atoms with Gasteiger partial charge in [-0.1, -0.05) is 12.1 Å². The molecule has 0 saturated carbocycles. The van der Waals surface area contributed by atoms with Gasteiger partial charge >= 0.3 is 0 Å². The van der Waals surface area contributed by atoms with Gasteiger partial charge in [-0.2, -0.15) is 5.48 Å². The molecular formula is C15H23N3O2. The summed E-state index contributed by atoms with van der Waals surface area (Å²) >= 11 is 0. The van der Waals surface area contributed by atoms with E-state index in [1.54, 1.807) is 4.90 Å². The molecule has 1 aliphatic heterocycles. The van der Waals surface area contributed by atoms with Crippen molar-refractivity contribution in [1.82, 2.24) is 5.48 Å². The van der Waals surface area contributed by atoms with Crippen LogP contribution in [0.4, 0.5) is 11.4 Å². The van der Waals surface area contributed by atoms with Crippen LogP contribution in [0.15, 0.2) is 24.3 Å². The Bertz CT molecular complexity index is 488. The van der Waals surface area contributed by atoms with Gasteiger partial charge in [0.2, 0.25) is 5.91 Å². The molecule has 1 aliphatic rings. The molecule has 2 rings (SSSR count). The van der Waals surface area contributed by atoms with Crippen LogP contribution < -0.4 is 15.3 Å². The summed E-state index contributed by atoms with van der Waals surface area (Å²) in [7, 11) is 0. The predicted octanol–water partition coefficient (Wildman–Crippen LogP) is 2.00. The van der Waals surface area contributed by atoms with E-state index >= 15 is 0 Å². The molecule has 0 saturated heterocycles. The van der Waals surface area contributed by atoms with Gasteiger partial charge in [0.25, 0.3) is 0 Å². The summed E-state index contributed by atoms with van der Waals surface area (Å²) in [6, 6.07) is 7.56. The van der Waals surface area contributed by atoms with Crippen molar-refractivity contribution in [2.24, 2.45) is 0 Å². The van der Waals surface area contributed by atoms with Gasteiger partial charge in [-0.3, -0.25) is 4.79 Å². The zero-order valence-corrected chi connectivity index (χ0v) is 12.5. The number of carbonyl (C=O) groups excluding carboxylic acids is 1. The fourth-order valence-electron chi connectivity index (χ4n) is 2.69. The molecule has 1 aromatic carbocycles. The molecule has 0 fully saturated rings. The van der Waals surface area contributed by atoms with Crippen molar-refractivity contribution in [3.8, 4) is 0 Å². The van der Waals surface area contributed by atoms with Crippen molar-refractivity contribution in [3.63, 3.8) is 0 Å². The van der Waals surface area contributed by atoms with E-state index in [1.807, 2.05) is 38.1 Å². The monoisotopic (exact) mass is 277 g/mol. The first-order chi connectivity index (χ1) is 9.47. The minimum Gasteiger partial charge on any atom is -0.365 e. The van der Waals surface area contributed by atoms with Gasteiger partial charge in [0.05, 0.1) is 11.4 Å². The van der Waals surface area contributed by atoms with Gasteiger partial charge in [-0.05, 0) is 39.8 Å². The Balaban J connectivity index is 2.58. The molecule has 0 radical (unpaired) electrons. The molecule has 1 aromatic rings. The Morgan fingerprint density at radius 2 is 1.75 bits per heavy atom. The molecule has 0 aliphatic carbocycles. The molecule has 1 unspecified atom stereocenters. The maximum absolute atomic E-state index is 12.6. The molecule has 110 valence electrons. The maximum Gasteiger partial charge on any atom is 0.248 e. The normalized spacial score (nSPS) is 19.6. The largest absolute Gasteiger partial charge is 0.365 e. The van der Waals surface area contributed by atoms with Gasteiger partial charge in [0, 0.05) is 18.6 Å². The summed E-state index contributed by atoms with van der Waals surface area (Å²) in [5.41, 5.74) is 4.10. The zero-order chi connectivity index (χ0) is 14.9. The third kappa shape index (κ3) is 2.51. The first-order valence-electron chi connectivity index (χ1n) is 7.05. The van der Waals surface area contributed by atoms with Crippen LogP contribution in [0.5, 0.6) is 0 Å². The molecule has 1 atom stereocenters. The Labute approximate surface area is 120 Å². The number of hydroxylamine groups is 1. The summed E-state index contributed by atoms with van der Waals surface area (Å²) < 4.78 is 0. The lowest BCUT2D eigenvalue weighted by Gasteiger charge is -2.30. The van der Waals surface area contributed by atoms with Crippen LogP contribution in [0.1, 0.15) is 27.7 Å². The molecule has 2 N–H and O–H groups in total. The molecular weight excluding hydrogens is 254 g/mol. The SMILES string of the molecule is CC(C)N1CC(NO)C(=O)N(C(C)C)c2ccccc21. The van der Waals surface area contributed by atoms with E-state index in [1.165, 1.54) is 0 Å². The Hall–Kier alpha value is -1.59. The average molecular weight is 277 g/mol. The molecule has 20 heavy (non-hydrogen) atoms. The van der Waals surface area contributed by atoms with Gasteiger partial charge in [0.1, 0.15) is 6.04 Å². The number of rotatable bonds is 3. The van der Waals surface area contributed by atoms with Crippen molar-refractivity contribution >= 4 is 17.3 Å². The number of fused-ring (bicyclic) bond motifs is 1. The third-order valence-corrected chi connectivity index (χ3v) is 3.66. The van der Waals surface area contributed by atoms with E-state index in [4.69, 9.17) is 0 Å². The van der Waals surface area contributed by atoms with E-state index in [0.717, 1.165) is 11.4 Å². The van der Waals surface area contributed by atoms with Gasteiger partial charge < -0.3 is 15.0 Å². The summed E-state index contributed by atoms with van der Waals surface area (Å²) in [6.45, 7) is 8.58. The maximum atomic E-state index is 12.6. The highest BCUT2D eigenvalue weighted by molar-refractivity contribution is 6.02. The van der Waals surface area contributed by atoms with Crippen molar-refractivity contribution in [3.05, 3.63) is 24.3 Å². The van der Waals surface area contributed by atoms with Crippen LogP contribution in [-0.4, -0.2) is 35.8 Å². The standard InChI is InChI=1S/C15H23N3O2/c1-10(2)17-9-12(16-20)15(19)18(11(3)4)14-8-6-5-7-13(14)17/h5-8,10-12,16,20H,9H2,1-4H3. The Morgan fingerprint density at radius 1 is 1.15 bits per heavy atom. The van der Waals surface area contributed by atoms with E-state index in [9.17, 15) is 10.0 Å². The van der Waals surface area contributed by atoms with Crippen LogP contribution in [0.25, 0.3) is 0 Å². The molecule has 1 heterocycles. The lowest BCUT2D eigenvalue weighted by molar-refractivity contribution is -0.123. The Morgan fingerprint density at radius 3 is 2.25 bits per heavy atom. The predicted molar refractivity (Wildman–Crippen MR) is 80.3 cm³/mol. The fraction of sp³-hybridized carbons (Fsp3) is 0.533. The van der Waals surface area contributed by atoms with E-state index in [0.29, 0.717) is 6.54 Å². The summed E-state index contributed by atoms with van der Waals surface area (Å²) in [4.78, 5) is 16.5. The number of hydrogen-bond acceptors (Lipinski definition) is 4. The number of nitrogens with one attached hydrogen (secondary N) is 1. The van der Waals surface area contributed by atoms with Gasteiger partial charge in [-0.15, -0.1) is 0 Å². The second kappa shape index (κ2) is 5.81. The van der Waals surface area contributed by atoms with E-state index < -0.39 is 6.04 Å². The number of amides is 1. The topological polar surface area (TPSA) is 55.8 Å². The van der Waals surface area contributed by atoms with Crippen LogP contribution in [0.3, 0.4) is 0 Å². The number of anilines is 2. The van der Waals surface area contributed by atoms with Gasteiger partial charge in [0.15, 0.2) is 0 Å². The van der Waals surface area contributed by atoms with Gasteiger partial charge in [-0.25, -0.2) is 0 Å². The molecule has 0 spiro atoms. The van der Waals surface area contributed by atoms with Crippen LogP contribution >= 0.6 is 0 Å². The van der Waals surface area contributed by atoms with Crippen LogP contribution in [0, 0.1) is 0 Å². The van der Waals surface area contributed by atoms with E-state index in [2.05, 4.69) is 24.2 Å². The second-order valence-corrected chi connectivity index (χ2v) is 5.72. The Kier molecular flexibility index (Phi) is 4.30. The highest BCUT2D eigenvalue weighted by atomic mass is 16.5. The quantitative estimate of drug-likeness (QED) is 0.830. The molecule has 5 heteroatoms. The molecule has 0 bridgehead atoms. The lowest BCUT2D eigenvalue weighted by atomic mass is 10.2. The van der Waals surface area contributed by atoms with Crippen LogP contribution in [0.2, 0.25) is 0 Å². The lowest BCUT2D eigenvalue weighted by Crippen LogP contribution is -2.51. The third-order valence-electron chi connectivity index (χ3n) is 3.66. The minimum absolute atomic E-state index is 0.0339. The second-order valence-electron chi connectivity index (χ2n) is 5.72. The smallest absolute Gasteiger partial charge is 0.248 e. The zero-order valence-electron chi connectivity index (χ0n) is 12.5. The molecule has 0 aromatic heterocycles. The van der Waals surface area contributed by atoms with Crippen molar-refractivity contribution < 1.29 is 10.0 Å². The molecule has 1 amide bonds. The number of para-hydroxylation sites is 2. The number of benzene rings is 1. The number of nitrogens with zero attached hydrogens (tertiary/aromatic N) is 2. The average Bonchev–Trinajstić information content (AvgIpc) is 2.52. The number of hydrogen-bond donors (Lipinski definition) is 2. The van der Waals surface area contributed by atoms with Crippen molar-refractivity contribution in [2.75, 3.05) is 16.3 Å². The highest BCUT2D eigenvalue weighted by Crippen LogP contribution is 2.34. The summed E-state index contributed by atoms with van der Waals surface area (Å²) in [5, 5.41) is 9.34. The summed E-state index contributed by atoms with van der Waals surface area (Å²) in [6.07, 6.45) is 0. The minimum atomic E-state index is -0.618. The highest BCUT2D eigenvalue weighted by Gasteiger charge is 2.35. The summed E-state index contributed by atoms with van der Waals surface area (Å²) in [5.74, 6) is -0.0990. The van der Waals surface area contributed by atoms with Crippen molar-refractivity contribution in [1.29, 1.82) is 0 Å². The first kappa shape index (κ1) is 14.8. The molecule has 5 nitrogen and oxygen atoms in total. The van der Waals surface area contributed by atoms with E-state index in [-0.39, 0.29) is 18.0 Å².